The third kappa shape index (κ3) is 2.90. The zero-order valence-electron chi connectivity index (χ0n) is 10.3. The summed E-state index contributed by atoms with van der Waals surface area (Å²) >= 11 is 0. The highest BCUT2D eigenvalue weighted by molar-refractivity contribution is 5.93. The lowest BCUT2D eigenvalue weighted by Crippen LogP contribution is -2.20. The topological polar surface area (TPSA) is 79.9 Å². The van der Waals surface area contributed by atoms with Crippen molar-refractivity contribution in [2.45, 2.75) is 6.54 Å². The fourth-order valence-corrected chi connectivity index (χ4v) is 1.64. The zero-order chi connectivity index (χ0) is 13.7. The number of benzene rings is 1. The number of nitrogens with one attached hydrogen (secondary N) is 1. The smallest absolute Gasteiger partial charge is 0.246 e. The van der Waals surface area contributed by atoms with Gasteiger partial charge in [-0.25, -0.2) is 0 Å². The molecule has 0 spiro atoms. The largest absolute Gasteiger partial charge is 0.495 e. The fourth-order valence-electron chi connectivity index (χ4n) is 1.64. The molecule has 0 radical (unpaired) electrons. The first-order chi connectivity index (χ1) is 9.24. The normalized spacial score (nSPS) is 9.68. The monoisotopic (exact) mass is 256 g/mol. The zero-order valence-corrected chi connectivity index (χ0v) is 10.3. The van der Waals surface area contributed by atoms with Crippen LogP contribution < -0.4 is 10.1 Å². The maximum atomic E-state index is 11.9. The van der Waals surface area contributed by atoms with Gasteiger partial charge in [-0.3, -0.25) is 9.48 Å². The van der Waals surface area contributed by atoms with Crippen molar-refractivity contribution in [2.24, 2.45) is 0 Å². The summed E-state index contributed by atoms with van der Waals surface area (Å²) in [4.78, 5) is 11.9. The van der Waals surface area contributed by atoms with Gasteiger partial charge in [0.05, 0.1) is 12.7 Å². The van der Waals surface area contributed by atoms with Crippen molar-refractivity contribution in [3.63, 3.8) is 0 Å². The molecule has 19 heavy (non-hydrogen) atoms. The van der Waals surface area contributed by atoms with E-state index in [1.807, 2.05) is 6.07 Å². The van der Waals surface area contributed by atoms with Gasteiger partial charge in [-0.15, -0.1) is 0 Å². The van der Waals surface area contributed by atoms with Crippen LogP contribution in [0.2, 0.25) is 0 Å². The molecule has 0 aliphatic heterocycles. The summed E-state index contributed by atoms with van der Waals surface area (Å²) < 4.78 is 6.63. The molecule has 2 rings (SSSR count). The van der Waals surface area contributed by atoms with Crippen LogP contribution in [0, 0.1) is 11.3 Å². The molecule has 0 aliphatic carbocycles. The van der Waals surface area contributed by atoms with E-state index in [-0.39, 0.29) is 12.5 Å². The average molecular weight is 256 g/mol. The molecule has 0 bridgehead atoms. The first-order valence-corrected chi connectivity index (χ1v) is 5.59. The molecule has 96 valence electrons. The van der Waals surface area contributed by atoms with Gasteiger partial charge in [0.15, 0.2) is 0 Å². The Kier molecular flexibility index (Phi) is 3.78. The van der Waals surface area contributed by atoms with E-state index in [0.717, 1.165) is 0 Å². The maximum Gasteiger partial charge on any atom is 0.246 e. The van der Waals surface area contributed by atoms with Gasteiger partial charge in [0.1, 0.15) is 24.1 Å². The average Bonchev–Trinajstić information content (AvgIpc) is 2.91. The van der Waals surface area contributed by atoms with Gasteiger partial charge in [0.25, 0.3) is 0 Å². The van der Waals surface area contributed by atoms with E-state index in [1.165, 1.54) is 11.8 Å². The summed E-state index contributed by atoms with van der Waals surface area (Å²) in [5.74, 6) is 0.178. The van der Waals surface area contributed by atoms with E-state index in [9.17, 15) is 4.79 Å². The number of nitriles is 1. The molecule has 0 unspecified atom stereocenters. The van der Waals surface area contributed by atoms with Crippen LogP contribution in [0.25, 0.3) is 0 Å². The Hall–Kier alpha value is -2.81. The number of nitrogens with zero attached hydrogens (tertiary/aromatic N) is 3. The maximum absolute atomic E-state index is 11.9. The SMILES string of the molecule is COc1cccc(C#N)c1NC(=O)Cn1cccn1. The third-order valence-electron chi connectivity index (χ3n) is 2.50. The van der Waals surface area contributed by atoms with Gasteiger partial charge in [-0.1, -0.05) is 6.07 Å². The lowest BCUT2D eigenvalue weighted by atomic mass is 10.2. The minimum atomic E-state index is -0.273. The third-order valence-corrected chi connectivity index (χ3v) is 2.50. The van der Waals surface area contributed by atoms with Crippen LogP contribution in [0.1, 0.15) is 5.56 Å². The van der Waals surface area contributed by atoms with E-state index in [2.05, 4.69) is 10.4 Å². The van der Waals surface area contributed by atoms with Gasteiger partial charge >= 0.3 is 0 Å². The second kappa shape index (κ2) is 5.69. The van der Waals surface area contributed by atoms with Crippen molar-refractivity contribution in [1.82, 2.24) is 9.78 Å². The van der Waals surface area contributed by atoms with Gasteiger partial charge < -0.3 is 10.1 Å². The van der Waals surface area contributed by atoms with Crippen LogP contribution >= 0.6 is 0 Å². The number of hydrogen-bond acceptors (Lipinski definition) is 4. The van der Waals surface area contributed by atoms with Crippen molar-refractivity contribution >= 4 is 11.6 Å². The Bertz CT molecular complexity index is 614. The van der Waals surface area contributed by atoms with Crippen LogP contribution in [-0.4, -0.2) is 22.8 Å². The van der Waals surface area contributed by atoms with E-state index in [4.69, 9.17) is 10.00 Å². The van der Waals surface area contributed by atoms with Crippen LogP contribution in [0.15, 0.2) is 36.7 Å². The highest BCUT2D eigenvalue weighted by Crippen LogP contribution is 2.27. The fraction of sp³-hybridized carbons (Fsp3) is 0.154. The van der Waals surface area contributed by atoms with Gasteiger partial charge in [0, 0.05) is 12.4 Å². The quantitative estimate of drug-likeness (QED) is 0.896. The Morgan fingerprint density at radius 3 is 3.00 bits per heavy atom. The second-order valence-electron chi connectivity index (χ2n) is 3.75. The number of rotatable bonds is 4. The number of anilines is 1. The molecule has 1 aromatic carbocycles. The van der Waals surface area contributed by atoms with Crippen LogP contribution in [-0.2, 0) is 11.3 Å². The number of hydrogen-bond donors (Lipinski definition) is 1. The molecule has 6 heteroatoms. The summed E-state index contributed by atoms with van der Waals surface area (Å²) in [5.41, 5.74) is 0.734. The molecule has 0 atom stereocenters. The minimum Gasteiger partial charge on any atom is -0.495 e. The van der Waals surface area contributed by atoms with Gasteiger partial charge in [0.2, 0.25) is 5.91 Å². The van der Waals surface area contributed by atoms with E-state index in [1.54, 1.807) is 36.7 Å². The second-order valence-corrected chi connectivity index (χ2v) is 3.75. The first-order valence-electron chi connectivity index (χ1n) is 5.59. The van der Waals surface area contributed by atoms with Crippen molar-refractivity contribution in [1.29, 1.82) is 5.26 Å². The van der Waals surface area contributed by atoms with E-state index >= 15 is 0 Å². The number of ether oxygens (including phenoxy) is 1. The summed E-state index contributed by atoms with van der Waals surface area (Å²) in [6.45, 7) is 0.0793. The molecule has 0 aliphatic rings. The molecule has 1 N–H and O–H groups in total. The summed E-state index contributed by atoms with van der Waals surface area (Å²) in [7, 11) is 1.49. The first kappa shape index (κ1) is 12.6. The standard InChI is InChI=1S/C13H12N4O2/c1-19-11-5-2-4-10(8-14)13(11)16-12(18)9-17-7-3-6-15-17/h2-7H,9H2,1H3,(H,16,18). The predicted molar refractivity (Wildman–Crippen MR) is 68.6 cm³/mol. The Balaban J connectivity index is 2.18. The minimum absolute atomic E-state index is 0.0793. The summed E-state index contributed by atoms with van der Waals surface area (Å²) in [6, 6.07) is 8.75. The van der Waals surface area contributed by atoms with Crippen LogP contribution in [0.3, 0.4) is 0 Å². The van der Waals surface area contributed by atoms with Crippen LogP contribution in [0.5, 0.6) is 5.75 Å². The Labute approximate surface area is 110 Å². The highest BCUT2D eigenvalue weighted by Gasteiger charge is 2.12. The summed E-state index contributed by atoms with van der Waals surface area (Å²) in [6.07, 6.45) is 3.28. The number of para-hydroxylation sites is 1. The van der Waals surface area contributed by atoms with Gasteiger partial charge in [-0.05, 0) is 18.2 Å². The summed E-state index contributed by atoms with van der Waals surface area (Å²) in [5, 5.41) is 15.6. The lowest BCUT2D eigenvalue weighted by molar-refractivity contribution is -0.116. The Morgan fingerprint density at radius 1 is 1.53 bits per heavy atom. The van der Waals surface area contributed by atoms with Crippen LogP contribution in [0.4, 0.5) is 5.69 Å². The number of methoxy groups -OCH3 is 1. The molecule has 0 saturated heterocycles. The number of carbonyl (C=O) groups is 1. The van der Waals surface area contributed by atoms with Gasteiger partial charge in [-0.2, -0.15) is 10.4 Å². The highest BCUT2D eigenvalue weighted by atomic mass is 16.5. The van der Waals surface area contributed by atoms with E-state index < -0.39 is 0 Å². The number of aromatic nitrogens is 2. The number of amides is 1. The van der Waals surface area contributed by atoms with Crippen molar-refractivity contribution in [2.75, 3.05) is 12.4 Å². The molecule has 1 aromatic heterocycles. The molecule has 6 nitrogen and oxygen atoms in total. The molecule has 1 amide bonds. The molecular formula is C13H12N4O2. The Morgan fingerprint density at radius 2 is 2.37 bits per heavy atom. The molecule has 1 heterocycles. The lowest BCUT2D eigenvalue weighted by Gasteiger charge is -2.11. The predicted octanol–water partition coefficient (Wildman–Crippen LogP) is 1.40. The van der Waals surface area contributed by atoms with Crippen molar-refractivity contribution in [3.05, 3.63) is 42.2 Å². The van der Waals surface area contributed by atoms with E-state index in [0.29, 0.717) is 17.0 Å². The molecule has 0 fully saturated rings. The molecular weight excluding hydrogens is 244 g/mol. The van der Waals surface area contributed by atoms with Crippen molar-refractivity contribution < 1.29 is 9.53 Å². The van der Waals surface area contributed by atoms with Crippen molar-refractivity contribution in [3.8, 4) is 11.8 Å². The number of carbonyl (C=O) groups excluding carboxylic acids is 1. The molecule has 0 saturated carbocycles. The molecule has 2 aromatic rings.